The van der Waals surface area contributed by atoms with Crippen LogP contribution in [0.4, 0.5) is 20.6 Å². The van der Waals surface area contributed by atoms with E-state index >= 15 is 0 Å². The number of nitriles is 1. The number of nitrogens with one attached hydrogen (secondary N) is 1. The molecule has 2 aliphatic rings. The van der Waals surface area contributed by atoms with Crippen LogP contribution < -0.4 is 15.1 Å². The number of halogens is 1. The Bertz CT molecular complexity index is 1010. The second-order valence-electron chi connectivity index (χ2n) is 7.79. The van der Waals surface area contributed by atoms with Crippen molar-refractivity contribution in [2.24, 2.45) is 5.92 Å². The molecule has 0 aromatic heterocycles. The van der Waals surface area contributed by atoms with Crippen molar-refractivity contribution < 1.29 is 28.6 Å². The monoisotopic (exact) mass is 443 g/mol. The molecule has 2 fully saturated rings. The fourth-order valence-electron chi connectivity index (χ4n) is 4.02. The highest BCUT2D eigenvalue weighted by Gasteiger charge is 2.52. The Labute approximate surface area is 184 Å². The maximum Gasteiger partial charge on any atom is 0.414 e. The van der Waals surface area contributed by atoms with E-state index in [1.54, 1.807) is 17.0 Å². The van der Waals surface area contributed by atoms with Crippen LogP contribution in [0, 0.1) is 29.6 Å². The summed E-state index contributed by atoms with van der Waals surface area (Å²) in [5, 5.41) is 21.1. The van der Waals surface area contributed by atoms with Crippen molar-refractivity contribution in [1.29, 1.82) is 5.26 Å². The molecule has 3 rings (SSSR count). The van der Waals surface area contributed by atoms with Gasteiger partial charge < -0.3 is 24.9 Å². The Balaban J connectivity index is 1.70. The van der Waals surface area contributed by atoms with Crippen LogP contribution in [-0.4, -0.2) is 60.9 Å². The van der Waals surface area contributed by atoms with Crippen molar-refractivity contribution >= 4 is 29.3 Å². The molecule has 0 bridgehead atoms. The minimum absolute atomic E-state index is 0.117. The molecule has 2 heterocycles. The van der Waals surface area contributed by atoms with Crippen LogP contribution in [0.3, 0.4) is 0 Å². The maximum atomic E-state index is 14.9. The van der Waals surface area contributed by atoms with Crippen LogP contribution in [0.5, 0.6) is 0 Å². The second kappa shape index (κ2) is 9.10. The van der Waals surface area contributed by atoms with E-state index in [1.165, 1.54) is 24.0 Å². The molecule has 10 nitrogen and oxygen atoms in total. The van der Waals surface area contributed by atoms with E-state index < -0.39 is 35.4 Å². The zero-order valence-corrected chi connectivity index (χ0v) is 17.4. The van der Waals surface area contributed by atoms with Gasteiger partial charge in [-0.2, -0.15) is 5.26 Å². The van der Waals surface area contributed by atoms with Gasteiger partial charge in [0.05, 0.1) is 30.5 Å². The van der Waals surface area contributed by atoms with Crippen molar-refractivity contribution in [2.75, 3.05) is 36.0 Å². The molecule has 2 N–H and O–H groups in total. The van der Waals surface area contributed by atoms with Gasteiger partial charge in [-0.15, -0.1) is 0 Å². The SMILES string of the molecule is [C-]#[N+]C1(C(C#N)C(=O)O)CCN(c2ccc(N3C[C@H](CNC(C)=O)OC3=O)cc2F)CC1. The van der Waals surface area contributed by atoms with Gasteiger partial charge in [-0.3, -0.25) is 14.5 Å². The van der Waals surface area contributed by atoms with E-state index in [0.29, 0.717) is 5.69 Å². The first-order valence-electron chi connectivity index (χ1n) is 9.99. The van der Waals surface area contributed by atoms with E-state index in [0.717, 1.165) is 0 Å². The van der Waals surface area contributed by atoms with Crippen LogP contribution in [0.2, 0.25) is 0 Å². The van der Waals surface area contributed by atoms with Crippen LogP contribution in [-0.2, 0) is 14.3 Å². The molecule has 2 saturated heterocycles. The third-order valence-electron chi connectivity index (χ3n) is 5.80. The van der Waals surface area contributed by atoms with Gasteiger partial charge in [-0.1, -0.05) is 0 Å². The maximum absolute atomic E-state index is 14.9. The van der Waals surface area contributed by atoms with E-state index in [4.69, 9.17) is 11.3 Å². The molecular formula is C21H22FN5O5. The summed E-state index contributed by atoms with van der Waals surface area (Å²) in [5.74, 6) is -3.60. The summed E-state index contributed by atoms with van der Waals surface area (Å²) in [6.45, 7) is 9.56. The van der Waals surface area contributed by atoms with E-state index in [9.17, 15) is 29.1 Å². The van der Waals surface area contributed by atoms with Gasteiger partial charge in [-0.05, 0) is 18.2 Å². The van der Waals surface area contributed by atoms with E-state index in [-0.39, 0.29) is 50.6 Å². The topological polar surface area (TPSA) is 127 Å². The van der Waals surface area contributed by atoms with Gasteiger partial charge in [-0.25, -0.2) is 15.8 Å². The molecule has 1 aromatic rings. The van der Waals surface area contributed by atoms with Crippen molar-refractivity contribution in [3.05, 3.63) is 35.4 Å². The standard InChI is InChI=1S/C21H22FN5O5/c1-13(28)25-11-15-12-27(20(31)32-15)14-3-4-18(17(22)9-14)26-7-5-21(24-2,6-8-26)16(10-23)19(29)30/h3-4,9,15-16H,5-8,11-12H2,1H3,(H,25,28)(H,29,30)/t15-,16?/m0/s1. The third-order valence-corrected chi connectivity index (χ3v) is 5.80. The third kappa shape index (κ3) is 4.42. The molecule has 0 aliphatic carbocycles. The van der Waals surface area contributed by atoms with Crippen molar-refractivity contribution in [3.8, 4) is 6.07 Å². The summed E-state index contributed by atoms with van der Waals surface area (Å²) in [7, 11) is 0. The highest BCUT2D eigenvalue weighted by Crippen LogP contribution is 2.37. The van der Waals surface area contributed by atoms with Crippen LogP contribution in [0.25, 0.3) is 4.85 Å². The summed E-state index contributed by atoms with van der Waals surface area (Å²) < 4.78 is 20.1. The number of aliphatic carboxylic acids is 1. The normalized spacial score (nSPS) is 20.6. The number of nitrogens with zero attached hydrogens (tertiary/aromatic N) is 4. The van der Waals surface area contributed by atoms with Crippen LogP contribution in [0.15, 0.2) is 18.2 Å². The largest absolute Gasteiger partial charge is 0.480 e. The molecule has 1 aromatic carbocycles. The lowest BCUT2D eigenvalue weighted by Gasteiger charge is -2.36. The number of rotatable bonds is 6. The predicted molar refractivity (Wildman–Crippen MR) is 110 cm³/mol. The molecule has 2 aliphatic heterocycles. The number of amides is 2. The van der Waals surface area contributed by atoms with Crippen molar-refractivity contribution in [2.45, 2.75) is 31.4 Å². The Morgan fingerprint density at radius 1 is 1.47 bits per heavy atom. The number of ether oxygens (including phenoxy) is 1. The molecule has 0 spiro atoms. The molecule has 2 atom stereocenters. The number of benzene rings is 1. The van der Waals surface area contributed by atoms with Gasteiger partial charge >= 0.3 is 12.1 Å². The Kier molecular flexibility index (Phi) is 6.49. The molecule has 2 amide bonds. The Morgan fingerprint density at radius 2 is 2.16 bits per heavy atom. The van der Waals surface area contributed by atoms with Gasteiger partial charge in [0.1, 0.15) is 11.9 Å². The van der Waals surface area contributed by atoms with Gasteiger partial charge in [0.15, 0.2) is 0 Å². The van der Waals surface area contributed by atoms with Crippen molar-refractivity contribution in [3.63, 3.8) is 0 Å². The fourth-order valence-corrected chi connectivity index (χ4v) is 4.02. The zero-order valence-electron chi connectivity index (χ0n) is 17.4. The number of piperidine rings is 1. The number of hydrogen-bond donors (Lipinski definition) is 2. The summed E-state index contributed by atoms with van der Waals surface area (Å²) in [4.78, 5) is 41.0. The number of anilines is 2. The first-order chi connectivity index (χ1) is 15.2. The first-order valence-corrected chi connectivity index (χ1v) is 9.99. The minimum Gasteiger partial charge on any atom is -0.480 e. The average Bonchev–Trinajstić information content (AvgIpc) is 3.13. The van der Waals surface area contributed by atoms with Gasteiger partial charge in [0.2, 0.25) is 11.8 Å². The number of carboxylic acids is 1. The zero-order chi connectivity index (χ0) is 23.5. The molecule has 32 heavy (non-hydrogen) atoms. The smallest absolute Gasteiger partial charge is 0.414 e. The Morgan fingerprint density at radius 3 is 2.69 bits per heavy atom. The lowest BCUT2D eigenvalue weighted by atomic mass is 9.77. The Hall–Kier alpha value is -3.86. The molecule has 11 heteroatoms. The average molecular weight is 443 g/mol. The minimum atomic E-state index is -1.44. The first kappa shape index (κ1) is 22.8. The quantitative estimate of drug-likeness (QED) is 0.642. The highest BCUT2D eigenvalue weighted by atomic mass is 19.1. The number of carbonyl (C=O) groups excluding carboxylic acids is 2. The van der Waals surface area contributed by atoms with Gasteiger partial charge in [0, 0.05) is 32.9 Å². The summed E-state index contributed by atoms with van der Waals surface area (Å²) >= 11 is 0. The lowest BCUT2D eigenvalue weighted by molar-refractivity contribution is -0.141. The van der Waals surface area contributed by atoms with E-state index in [1.807, 2.05) is 0 Å². The van der Waals surface area contributed by atoms with Crippen molar-refractivity contribution in [1.82, 2.24) is 5.32 Å². The number of carbonyl (C=O) groups is 3. The van der Waals surface area contributed by atoms with Crippen LogP contribution in [0.1, 0.15) is 19.8 Å². The summed E-state index contributed by atoms with van der Waals surface area (Å²) in [6, 6.07) is 6.02. The molecule has 168 valence electrons. The number of cyclic esters (lactones) is 1. The molecule has 0 saturated carbocycles. The lowest BCUT2D eigenvalue weighted by Crippen LogP contribution is -2.49. The predicted octanol–water partition coefficient (Wildman–Crippen LogP) is 1.77. The summed E-state index contributed by atoms with van der Waals surface area (Å²) in [6.07, 6.45) is -0.944. The van der Waals surface area contributed by atoms with Gasteiger partial charge in [0.25, 0.3) is 5.54 Å². The molecular weight excluding hydrogens is 421 g/mol. The summed E-state index contributed by atoms with van der Waals surface area (Å²) in [5.41, 5.74) is -0.765. The second-order valence-corrected chi connectivity index (χ2v) is 7.79. The molecule has 1 unspecified atom stereocenters. The number of carboxylic acid groups (broad SMARTS) is 1. The number of hydrogen-bond acceptors (Lipinski definition) is 6. The van der Waals surface area contributed by atoms with E-state index in [2.05, 4.69) is 10.2 Å². The van der Waals surface area contributed by atoms with Crippen LogP contribution >= 0.6 is 0 Å². The molecule has 0 radical (unpaired) electrons. The fraction of sp³-hybridized carbons (Fsp3) is 0.476. The highest BCUT2D eigenvalue weighted by molar-refractivity contribution is 5.90.